The predicted octanol–water partition coefficient (Wildman–Crippen LogP) is 4.92. The standard InChI is InChI=1S/C26H32O7/c1-5-19-8-12-21(13-9-19)33-26(2,3)25(29)32-17-7-6-16-31-22-14-10-20(11-15-24(27)28)18-23(22)30-4/h8-15,18H,5-7,16-17H2,1-4H3,(H,27,28)/b15-11+. The van der Waals surface area contributed by atoms with Gasteiger partial charge in [0.05, 0.1) is 20.3 Å². The lowest BCUT2D eigenvalue weighted by Gasteiger charge is -2.24. The van der Waals surface area contributed by atoms with Gasteiger partial charge in [0.1, 0.15) is 5.75 Å². The number of ether oxygens (including phenoxy) is 4. The molecule has 7 heteroatoms. The van der Waals surface area contributed by atoms with E-state index in [-0.39, 0.29) is 6.61 Å². The predicted molar refractivity (Wildman–Crippen MR) is 126 cm³/mol. The molecule has 0 saturated carbocycles. The van der Waals surface area contributed by atoms with Crippen molar-refractivity contribution in [2.75, 3.05) is 20.3 Å². The number of benzene rings is 2. The Bertz CT molecular complexity index is 946. The van der Waals surface area contributed by atoms with Crippen LogP contribution in [0.1, 0.15) is 44.7 Å². The Balaban J connectivity index is 1.74. The summed E-state index contributed by atoms with van der Waals surface area (Å²) in [7, 11) is 1.52. The molecular formula is C26H32O7. The van der Waals surface area contributed by atoms with E-state index in [4.69, 9.17) is 24.1 Å². The van der Waals surface area contributed by atoms with Gasteiger partial charge in [-0.3, -0.25) is 0 Å². The number of hydrogen-bond acceptors (Lipinski definition) is 6. The van der Waals surface area contributed by atoms with Gasteiger partial charge < -0.3 is 24.1 Å². The van der Waals surface area contributed by atoms with Gasteiger partial charge in [-0.1, -0.05) is 25.1 Å². The molecule has 0 aliphatic carbocycles. The Labute approximate surface area is 194 Å². The van der Waals surface area contributed by atoms with Crippen LogP contribution in [0.3, 0.4) is 0 Å². The van der Waals surface area contributed by atoms with Gasteiger partial charge in [0.15, 0.2) is 17.1 Å². The molecule has 2 rings (SSSR count). The molecule has 0 spiro atoms. The Morgan fingerprint density at radius 3 is 2.33 bits per heavy atom. The third-order valence-corrected chi connectivity index (χ3v) is 4.83. The van der Waals surface area contributed by atoms with Gasteiger partial charge in [-0.25, -0.2) is 9.59 Å². The van der Waals surface area contributed by atoms with E-state index < -0.39 is 17.5 Å². The van der Waals surface area contributed by atoms with Crippen LogP contribution < -0.4 is 14.2 Å². The molecule has 0 heterocycles. The molecule has 1 N–H and O–H groups in total. The summed E-state index contributed by atoms with van der Waals surface area (Å²) in [5, 5.41) is 8.72. The Hall–Kier alpha value is -3.48. The van der Waals surface area contributed by atoms with Crippen LogP contribution in [0, 0.1) is 0 Å². The van der Waals surface area contributed by atoms with E-state index in [1.807, 2.05) is 24.3 Å². The van der Waals surface area contributed by atoms with Gasteiger partial charge in [-0.05, 0) is 74.6 Å². The van der Waals surface area contributed by atoms with Crippen molar-refractivity contribution in [1.29, 1.82) is 0 Å². The summed E-state index contributed by atoms with van der Waals surface area (Å²) >= 11 is 0. The monoisotopic (exact) mass is 456 g/mol. The van der Waals surface area contributed by atoms with Crippen LogP contribution in [0.25, 0.3) is 6.08 Å². The zero-order valence-corrected chi connectivity index (χ0v) is 19.6. The second kappa shape index (κ2) is 12.5. The molecule has 0 aliphatic heterocycles. The number of carbonyl (C=O) groups is 2. The summed E-state index contributed by atoms with van der Waals surface area (Å²) in [5.41, 5.74) is 0.808. The summed E-state index contributed by atoms with van der Waals surface area (Å²) in [6.07, 6.45) is 4.79. The average Bonchev–Trinajstić information content (AvgIpc) is 2.80. The topological polar surface area (TPSA) is 91.3 Å². The van der Waals surface area contributed by atoms with Crippen molar-refractivity contribution < 1.29 is 33.6 Å². The fourth-order valence-corrected chi connectivity index (χ4v) is 2.93. The lowest BCUT2D eigenvalue weighted by molar-refractivity contribution is -0.159. The van der Waals surface area contributed by atoms with Crippen molar-refractivity contribution in [2.45, 2.75) is 45.6 Å². The fourth-order valence-electron chi connectivity index (χ4n) is 2.93. The molecule has 0 fully saturated rings. The highest BCUT2D eigenvalue weighted by molar-refractivity contribution is 5.85. The second-order valence-electron chi connectivity index (χ2n) is 7.88. The van der Waals surface area contributed by atoms with Crippen molar-refractivity contribution in [2.24, 2.45) is 0 Å². The molecular weight excluding hydrogens is 424 g/mol. The third-order valence-electron chi connectivity index (χ3n) is 4.83. The molecule has 0 atom stereocenters. The van der Waals surface area contributed by atoms with Crippen LogP contribution in [0.2, 0.25) is 0 Å². The number of carboxylic acid groups (broad SMARTS) is 1. The Morgan fingerprint density at radius 1 is 1.00 bits per heavy atom. The minimum atomic E-state index is -1.09. The lowest BCUT2D eigenvalue weighted by atomic mass is 10.1. The van der Waals surface area contributed by atoms with Crippen molar-refractivity contribution in [3.05, 3.63) is 59.7 Å². The number of esters is 1. The van der Waals surface area contributed by atoms with Crippen LogP contribution in [-0.4, -0.2) is 43.0 Å². The SMILES string of the molecule is CCc1ccc(OC(C)(C)C(=O)OCCCCOc2ccc(/C=C/C(=O)O)cc2OC)cc1. The zero-order valence-electron chi connectivity index (χ0n) is 19.6. The van der Waals surface area contributed by atoms with Crippen LogP contribution in [0.4, 0.5) is 0 Å². The molecule has 178 valence electrons. The number of carbonyl (C=O) groups excluding carboxylic acids is 1. The molecule has 0 radical (unpaired) electrons. The van der Waals surface area contributed by atoms with E-state index in [1.165, 1.54) is 18.7 Å². The number of carboxylic acids is 1. The maximum Gasteiger partial charge on any atom is 0.349 e. The molecule has 0 aliphatic rings. The molecule has 7 nitrogen and oxygen atoms in total. The smallest absolute Gasteiger partial charge is 0.349 e. The first kappa shape index (κ1) is 25.8. The molecule has 0 aromatic heterocycles. The summed E-state index contributed by atoms with van der Waals surface area (Å²) in [6, 6.07) is 12.8. The Kier molecular flexibility index (Phi) is 9.79. The van der Waals surface area contributed by atoms with E-state index in [9.17, 15) is 9.59 Å². The van der Waals surface area contributed by atoms with Crippen LogP contribution >= 0.6 is 0 Å². The molecule has 0 saturated heterocycles. The highest BCUT2D eigenvalue weighted by Crippen LogP contribution is 2.29. The minimum Gasteiger partial charge on any atom is -0.493 e. The van der Waals surface area contributed by atoms with Gasteiger partial charge in [-0.15, -0.1) is 0 Å². The highest BCUT2D eigenvalue weighted by Gasteiger charge is 2.31. The van der Waals surface area contributed by atoms with E-state index in [1.54, 1.807) is 32.0 Å². The normalized spacial score (nSPS) is 11.3. The molecule has 0 unspecified atom stereocenters. The first-order chi connectivity index (χ1) is 15.7. The molecule has 0 amide bonds. The number of unbranched alkanes of at least 4 members (excludes halogenated alkanes) is 1. The quantitative estimate of drug-likeness (QED) is 0.260. The molecule has 2 aromatic rings. The number of hydrogen-bond donors (Lipinski definition) is 1. The number of aliphatic carboxylic acids is 1. The number of rotatable bonds is 13. The van der Waals surface area contributed by atoms with Gasteiger partial charge in [-0.2, -0.15) is 0 Å². The van der Waals surface area contributed by atoms with Crippen molar-refractivity contribution in [3.8, 4) is 17.2 Å². The molecule has 2 aromatic carbocycles. The van der Waals surface area contributed by atoms with Crippen LogP contribution in [0.15, 0.2) is 48.5 Å². The van der Waals surface area contributed by atoms with Crippen molar-refractivity contribution >= 4 is 18.0 Å². The molecule has 33 heavy (non-hydrogen) atoms. The van der Waals surface area contributed by atoms with Crippen LogP contribution in [0.5, 0.6) is 17.2 Å². The summed E-state index contributed by atoms with van der Waals surface area (Å²) in [5.74, 6) is 0.261. The van der Waals surface area contributed by atoms with E-state index in [2.05, 4.69) is 6.92 Å². The van der Waals surface area contributed by atoms with E-state index >= 15 is 0 Å². The van der Waals surface area contributed by atoms with Gasteiger partial charge in [0.2, 0.25) is 0 Å². The number of aryl methyl sites for hydroxylation is 1. The van der Waals surface area contributed by atoms with Gasteiger partial charge in [0, 0.05) is 6.08 Å². The maximum atomic E-state index is 12.4. The van der Waals surface area contributed by atoms with E-state index in [0.29, 0.717) is 42.3 Å². The first-order valence-electron chi connectivity index (χ1n) is 10.9. The summed E-state index contributed by atoms with van der Waals surface area (Å²) in [6.45, 7) is 6.14. The minimum absolute atomic E-state index is 0.264. The second-order valence-corrected chi connectivity index (χ2v) is 7.88. The van der Waals surface area contributed by atoms with Gasteiger partial charge >= 0.3 is 11.9 Å². The third kappa shape index (κ3) is 8.52. The largest absolute Gasteiger partial charge is 0.493 e. The van der Waals surface area contributed by atoms with Crippen molar-refractivity contribution in [3.63, 3.8) is 0 Å². The lowest BCUT2D eigenvalue weighted by Crippen LogP contribution is -2.39. The van der Waals surface area contributed by atoms with Gasteiger partial charge in [0.25, 0.3) is 0 Å². The first-order valence-corrected chi connectivity index (χ1v) is 10.9. The van der Waals surface area contributed by atoms with Crippen LogP contribution in [-0.2, 0) is 20.7 Å². The van der Waals surface area contributed by atoms with E-state index in [0.717, 1.165) is 12.5 Å². The fraction of sp³-hybridized carbons (Fsp3) is 0.385. The summed E-state index contributed by atoms with van der Waals surface area (Å²) < 4.78 is 22.3. The highest BCUT2D eigenvalue weighted by atomic mass is 16.6. The molecule has 0 bridgehead atoms. The zero-order chi connectivity index (χ0) is 24.3. The Morgan fingerprint density at radius 2 is 1.70 bits per heavy atom. The maximum absolute atomic E-state index is 12.4. The number of methoxy groups -OCH3 is 1. The summed E-state index contributed by atoms with van der Waals surface area (Å²) in [4.78, 5) is 23.1. The van der Waals surface area contributed by atoms with Crippen molar-refractivity contribution in [1.82, 2.24) is 0 Å². The average molecular weight is 457 g/mol.